The smallest absolute Gasteiger partial charge is 0.267 e. The van der Waals surface area contributed by atoms with Crippen LogP contribution in [0.15, 0.2) is 54.6 Å². The second-order valence-electron chi connectivity index (χ2n) is 5.44. The molecule has 1 aromatic heterocycles. The van der Waals surface area contributed by atoms with E-state index in [0.29, 0.717) is 32.7 Å². The van der Waals surface area contributed by atoms with E-state index in [9.17, 15) is 9.59 Å². The summed E-state index contributed by atoms with van der Waals surface area (Å²) >= 11 is 1.13. The second kappa shape index (κ2) is 7.79. The Bertz CT molecular complexity index is 938. The fourth-order valence-corrected chi connectivity index (χ4v) is 3.16. The molecule has 0 aliphatic rings. The Morgan fingerprint density at radius 1 is 1.00 bits per heavy atom. The molecule has 2 aromatic carbocycles. The fraction of sp³-hybridized carbons (Fsp3) is 0.105. The molecular formula is C19H17N3O3S. The SMILES string of the molecule is COc1cccc(C(=O)Nc2nc(C)c(C(=O)Nc3ccccc3)s2)c1. The largest absolute Gasteiger partial charge is 0.497 e. The molecule has 0 atom stereocenters. The molecule has 0 aliphatic carbocycles. The number of para-hydroxylation sites is 1. The predicted molar refractivity (Wildman–Crippen MR) is 102 cm³/mol. The van der Waals surface area contributed by atoms with Gasteiger partial charge >= 0.3 is 0 Å². The van der Waals surface area contributed by atoms with Crippen LogP contribution in [-0.2, 0) is 0 Å². The van der Waals surface area contributed by atoms with E-state index in [-0.39, 0.29) is 11.8 Å². The molecule has 3 aromatic rings. The topological polar surface area (TPSA) is 80.3 Å². The molecule has 2 N–H and O–H groups in total. The van der Waals surface area contributed by atoms with E-state index in [0.717, 1.165) is 11.3 Å². The Kier molecular flexibility index (Phi) is 5.28. The molecule has 2 amide bonds. The highest BCUT2D eigenvalue weighted by Crippen LogP contribution is 2.24. The number of carbonyl (C=O) groups excluding carboxylic acids is 2. The first kappa shape index (κ1) is 17.6. The third kappa shape index (κ3) is 4.07. The first-order valence-corrected chi connectivity index (χ1v) is 8.67. The lowest BCUT2D eigenvalue weighted by Gasteiger charge is -2.04. The maximum absolute atomic E-state index is 12.4. The van der Waals surface area contributed by atoms with E-state index in [2.05, 4.69) is 15.6 Å². The van der Waals surface area contributed by atoms with Crippen molar-refractivity contribution in [1.82, 2.24) is 4.98 Å². The predicted octanol–water partition coefficient (Wildman–Crippen LogP) is 3.96. The Balaban J connectivity index is 1.73. The number of nitrogens with zero attached hydrogens (tertiary/aromatic N) is 1. The maximum Gasteiger partial charge on any atom is 0.267 e. The van der Waals surface area contributed by atoms with Crippen molar-refractivity contribution < 1.29 is 14.3 Å². The van der Waals surface area contributed by atoms with Crippen molar-refractivity contribution in [3.05, 3.63) is 70.7 Å². The number of anilines is 2. The lowest BCUT2D eigenvalue weighted by Crippen LogP contribution is -2.11. The molecule has 0 bridgehead atoms. The molecule has 0 spiro atoms. The Morgan fingerprint density at radius 2 is 1.77 bits per heavy atom. The van der Waals surface area contributed by atoms with Gasteiger partial charge in [0, 0.05) is 11.3 Å². The normalized spacial score (nSPS) is 10.2. The van der Waals surface area contributed by atoms with Crippen LogP contribution in [0, 0.1) is 6.92 Å². The van der Waals surface area contributed by atoms with E-state index < -0.39 is 0 Å². The monoisotopic (exact) mass is 367 g/mol. The highest BCUT2D eigenvalue weighted by molar-refractivity contribution is 7.17. The van der Waals surface area contributed by atoms with Gasteiger partial charge in [0.2, 0.25) is 0 Å². The van der Waals surface area contributed by atoms with Gasteiger partial charge in [0.25, 0.3) is 11.8 Å². The van der Waals surface area contributed by atoms with Crippen molar-refractivity contribution in [2.75, 3.05) is 17.7 Å². The van der Waals surface area contributed by atoms with E-state index in [1.54, 1.807) is 50.4 Å². The molecule has 3 rings (SSSR count). The first-order chi connectivity index (χ1) is 12.6. The number of ether oxygens (including phenoxy) is 1. The van der Waals surface area contributed by atoms with E-state index in [4.69, 9.17) is 4.74 Å². The van der Waals surface area contributed by atoms with Crippen molar-refractivity contribution in [3.8, 4) is 5.75 Å². The van der Waals surface area contributed by atoms with Crippen LogP contribution in [0.1, 0.15) is 25.7 Å². The van der Waals surface area contributed by atoms with E-state index >= 15 is 0 Å². The molecule has 0 aliphatic heterocycles. The van der Waals surface area contributed by atoms with Gasteiger partial charge in [-0.1, -0.05) is 35.6 Å². The fourth-order valence-electron chi connectivity index (χ4n) is 2.30. The number of benzene rings is 2. The number of rotatable bonds is 5. The number of hydrogen-bond donors (Lipinski definition) is 2. The number of aryl methyl sites for hydroxylation is 1. The summed E-state index contributed by atoms with van der Waals surface area (Å²) in [7, 11) is 1.54. The molecular weight excluding hydrogens is 350 g/mol. The highest BCUT2D eigenvalue weighted by atomic mass is 32.1. The minimum absolute atomic E-state index is 0.256. The molecule has 0 radical (unpaired) electrons. The summed E-state index contributed by atoms with van der Waals surface area (Å²) in [5.41, 5.74) is 1.71. The number of hydrogen-bond acceptors (Lipinski definition) is 5. The van der Waals surface area contributed by atoms with Crippen LogP contribution in [0.5, 0.6) is 5.75 Å². The molecule has 26 heavy (non-hydrogen) atoms. The van der Waals surface area contributed by atoms with Crippen molar-refractivity contribution in [2.45, 2.75) is 6.92 Å². The molecule has 0 unspecified atom stereocenters. The van der Waals surface area contributed by atoms with Gasteiger partial charge in [0.15, 0.2) is 5.13 Å². The van der Waals surface area contributed by atoms with Gasteiger partial charge in [-0.2, -0.15) is 0 Å². The van der Waals surface area contributed by atoms with Crippen molar-refractivity contribution in [2.24, 2.45) is 0 Å². The number of carbonyl (C=O) groups is 2. The summed E-state index contributed by atoms with van der Waals surface area (Å²) in [4.78, 5) is 29.5. The van der Waals surface area contributed by atoms with Crippen molar-refractivity contribution >= 4 is 34.0 Å². The Morgan fingerprint density at radius 3 is 2.50 bits per heavy atom. The molecule has 0 saturated carbocycles. The van der Waals surface area contributed by atoms with Crippen LogP contribution in [-0.4, -0.2) is 23.9 Å². The minimum Gasteiger partial charge on any atom is -0.497 e. The van der Waals surface area contributed by atoms with Crippen molar-refractivity contribution in [3.63, 3.8) is 0 Å². The molecule has 6 nitrogen and oxygen atoms in total. The lowest BCUT2D eigenvalue weighted by atomic mass is 10.2. The minimum atomic E-state index is -0.312. The molecule has 0 fully saturated rings. The molecule has 0 saturated heterocycles. The zero-order valence-corrected chi connectivity index (χ0v) is 15.1. The van der Waals surface area contributed by atoms with Gasteiger partial charge in [-0.25, -0.2) is 4.98 Å². The van der Waals surface area contributed by atoms with Gasteiger partial charge in [-0.05, 0) is 37.3 Å². The van der Waals surface area contributed by atoms with Crippen LogP contribution in [0.4, 0.5) is 10.8 Å². The number of nitrogens with one attached hydrogen (secondary N) is 2. The quantitative estimate of drug-likeness (QED) is 0.715. The zero-order valence-electron chi connectivity index (χ0n) is 14.3. The third-order valence-electron chi connectivity index (χ3n) is 3.59. The Labute approximate surface area is 154 Å². The van der Waals surface area contributed by atoms with Crippen LogP contribution in [0.3, 0.4) is 0 Å². The van der Waals surface area contributed by atoms with Gasteiger partial charge in [0.05, 0.1) is 12.8 Å². The number of amides is 2. The van der Waals surface area contributed by atoms with E-state index in [1.165, 1.54) is 0 Å². The average molecular weight is 367 g/mol. The van der Waals surface area contributed by atoms with Gasteiger partial charge in [-0.15, -0.1) is 0 Å². The second-order valence-corrected chi connectivity index (χ2v) is 6.44. The van der Waals surface area contributed by atoms with Gasteiger partial charge in [0.1, 0.15) is 10.6 Å². The average Bonchev–Trinajstić information content (AvgIpc) is 3.03. The summed E-state index contributed by atoms with van der Waals surface area (Å²) in [5.74, 6) is 0.0247. The first-order valence-electron chi connectivity index (χ1n) is 7.86. The maximum atomic E-state index is 12.4. The summed E-state index contributed by atoms with van der Waals surface area (Å²) in [5, 5.41) is 5.91. The number of thiazole rings is 1. The lowest BCUT2D eigenvalue weighted by molar-refractivity contribution is 0.102. The molecule has 132 valence electrons. The summed E-state index contributed by atoms with van der Waals surface area (Å²) in [6.45, 7) is 1.73. The van der Waals surface area contributed by atoms with Crippen molar-refractivity contribution in [1.29, 1.82) is 0 Å². The van der Waals surface area contributed by atoms with Gasteiger partial charge < -0.3 is 10.1 Å². The van der Waals surface area contributed by atoms with Crippen LogP contribution in [0.25, 0.3) is 0 Å². The third-order valence-corrected chi connectivity index (χ3v) is 4.66. The van der Waals surface area contributed by atoms with Crippen LogP contribution in [0.2, 0.25) is 0 Å². The van der Waals surface area contributed by atoms with Gasteiger partial charge in [-0.3, -0.25) is 14.9 Å². The Hall–Kier alpha value is -3.19. The highest BCUT2D eigenvalue weighted by Gasteiger charge is 2.17. The van der Waals surface area contributed by atoms with E-state index in [1.807, 2.05) is 18.2 Å². The zero-order chi connectivity index (χ0) is 18.5. The standard InChI is InChI=1S/C19H17N3O3S/c1-12-16(18(24)21-14-8-4-3-5-9-14)26-19(20-12)22-17(23)13-7-6-10-15(11-13)25-2/h3-11H,1-2H3,(H,21,24)(H,20,22,23). The summed E-state index contributed by atoms with van der Waals surface area (Å²) in [6.07, 6.45) is 0. The number of methoxy groups -OCH3 is 1. The number of aromatic nitrogens is 1. The van der Waals surface area contributed by atoms with Crippen LogP contribution < -0.4 is 15.4 Å². The molecule has 1 heterocycles. The summed E-state index contributed by atoms with van der Waals surface area (Å²) < 4.78 is 5.12. The van der Waals surface area contributed by atoms with Crippen LogP contribution >= 0.6 is 11.3 Å². The molecule has 7 heteroatoms. The summed E-state index contributed by atoms with van der Waals surface area (Å²) in [6, 6.07) is 16.0.